The normalized spacial score (nSPS) is 12.4. The highest BCUT2D eigenvalue weighted by atomic mass is 79.9. The molecule has 1 N–H and O–H groups in total. The lowest BCUT2D eigenvalue weighted by Gasteiger charge is -2.21. The predicted molar refractivity (Wildman–Crippen MR) is 85.3 cm³/mol. The maximum atomic E-state index is 5.55. The monoisotopic (exact) mass is 339 g/mol. The zero-order valence-electron chi connectivity index (χ0n) is 11.4. The van der Waals surface area contributed by atoms with Crippen molar-refractivity contribution in [2.75, 3.05) is 13.7 Å². The maximum Gasteiger partial charge on any atom is 0.124 e. The van der Waals surface area contributed by atoms with Gasteiger partial charge in [-0.05, 0) is 53.6 Å². The minimum absolute atomic E-state index is 0.170. The lowest BCUT2D eigenvalue weighted by atomic mass is 9.99. The Morgan fingerprint density at radius 3 is 2.79 bits per heavy atom. The summed E-state index contributed by atoms with van der Waals surface area (Å²) in [6.45, 7) is 5.10. The molecular weight excluding hydrogens is 322 g/mol. The molecule has 1 unspecified atom stereocenters. The van der Waals surface area contributed by atoms with Crippen LogP contribution < -0.4 is 10.1 Å². The van der Waals surface area contributed by atoms with E-state index >= 15 is 0 Å². The Hall–Kier alpha value is -0.840. The van der Waals surface area contributed by atoms with Gasteiger partial charge in [0.05, 0.1) is 13.2 Å². The van der Waals surface area contributed by atoms with E-state index in [-0.39, 0.29) is 6.04 Å². The van der Waals surface area contributed by atoms with E-state index in [0.717, 1.165) is 16.8 Å². The van der Waals surface area contributed by atoms with Crippen molar-refractivity contribution in [3.63, 3.8) is 0 Å². The van der Waals surface area contributed by atoms with Crippen LogP contribution in [0.25, 0.3) is 0 Å². The molecule has 102 valence electrons. The molecule has 1 heterocycles. The van der Waals surface area contributed by atoms with Gasteiger partial charge in [0.2, 0.25) is 0 Å². The number of halogens is 1. The smallest absolute Gasteiger partial charge is 0.124 e. The summed E-state index contributed by atoms with van der Waals surface area (Å²) in [5.74, 6) is 0.929. The van der Waals surface area contributed by atoms with Crippen molar-refractivity contribution in [3.8, 4) is 5.75 Å². The Bertz CT molecular complexity index is 539. The number of thiophene rings is 1. The van der Waals surface area contributed by atoms with Crippen LogP contribution in [0.15, 0.2) is 33.4 Å². The number of rotatable bonds is 5. The number of hydrogen-bond acceptors (Lipinski definition) is 3. The molecule has 0 spiro atoms. The van der Waals surface area contributed by atoms with Crippen molar-refractivity contribution >= 4 is 27.3 Å². The van der Waals surface area contributed by atoms with Gasteiger partial charge in [-0.1, -0.05) is 22.9 Å². The molecule has 0 saturated carbocycles. The van der Waals surface area contributed by atoms with Crippen LogP contribution in [0.3, 0.4) is 0 Å². The standard InChI is InChI=1S/C15H18BrNOS/c1-4-17-15(11-5-6-19-9-11)12-8-13(16)10(2)7-14(12)18-3/h5-9,15,17H,4H2,1-3H3. The number of ether oxygens (including phenoxy) is 1. The quantitative estimate of drug-likeness (QED) is 0.864. The van der Waals surface area contributed by atoms with Crippen LogP contribution in [0.5, 0.6) is 5.75 Å². The van der Waals surface area contributed by atoms with Gasteiger partial charge in [0.1, 0.15) is 5.75 Å². The molecule has 0 radical (unpaired) electrons. The third-order valence-corrected chi connectivity index (χ3v) is 4.66. The zero-order valence-corrected chi connectivity index (χ0v) is 13.8. The summed E-state index contributed by atoms with van der Waals surface area (Å²) >= 11 is 5.33. The van der Waals surface area contributed by atoms with Crippen LogP contribution in [-0.2, 0) is 0 Å². The summed E-state index contributed by atoms with van der Waals surface area (Å²) in [5, 5.41) is 7.82. The van der Waals surface area contributed by atoms with Crippen LogP contribution in [0.1, 0.15) is 29.7 Å². The molecule has 19 heavy (non-hydrogen) atoms. The molecule has 2 rings (SSSR count). The SMILES string of the molecule is CCNC(c1ccsc1)c1cc(Br)c(C)cc1OC. The first kappa shape index (κ1) is 14.6. The maximum absolute atomic E-state index is 5.55. The molecule has 1 atom stereocenters. The van der Waals surface area contributed by atoms with Crippen molar-refractivity contribution in [1.29, 1.82) is 0 Å². The van der Waals surface area contributed by atoms with E-state index in [1.54, 1.807) is 18.4 Å². The van der Waals surface area contributed by atoms with Crippen molar-refractivity contribution in [1.82, 2.24) is 5.32 Å². The third-order valence-electron chi connectivity index (χ3n) is 3.11. The summed E-state index contributed by atoms with van der Waals surface area (Å²) in [7, 11) is 1.73. The number of methoxy groups -OCH3 is 1. The topological polar surface area (TPSA) is 21.3 Å². The molecule has 0 saturated heterocycles. The summed E-state index contributed by atoms with van der Waals surface area (Å²) in [4.78, 5) is 0. The fourth-order valence-electron chi connectivity index (χ4n) is 2.12. The van der Waals surface area contributed by atoms with Crippen molar-refractivity contribution in [2.24, 2.45) is 0 Å². The molecule has 2 aromatic rings. The molecule has 0 bridgehead atoms. The second-order valence-corrected chi connectivity index (χ2v) is 6.03. The van der Waals surface area contributed by atoms with E-state index in [4.69, 9.17) is 4.74 Å². The van der Waals surface area contributed by atoms with Crippen LogP contribution in [0, 0.1) is 6.92 Å². The minimum atomic E-state index is 0.170. The van der Waals surface area contributed by atoms with E-state index in [1.165, 1.54) is 16.7 Å². The molecule has 1 aromatic carbocycles. The molecule has 0 aliphatic carbocycles. The minimum Gasteiger partial charge on any atom is -0.496 e. The van der Waals surface area contributed by atoms with Crippen LogP contribution >= 0.6 is 27.3 Å². The van der Waals surface area contributed by atoms with E-state index in [2.05, 4.69) is 64.1 Å². The second-order valence-electron chi connectivity index (χ2n) is 4.39. The van der Waals surface area contributed by atoms with Gasteiger partial charge in [-0.2, -0.15) is 11.3 Å². The molecule has 4 heteroatoms. The van der Waals surface area contributed by atoms with Crippen LogP contribution in [0.4, 0.5) is 0 Å². The fraction of sp³-hybridized carbons (Fsp3) is 0.333. The van der Waals surface area contributed by atoms with E-state index in [0.29, 0.717) is 0 Å². The second kappa shape index (κ2) is 6.55. The van der Waals surface area contributed by atoms with Gasteiger partial charge in [0, 0.05) is 10.0 Å². The van der Waals surface area contributed by atoms with Crippen molar-refractivity contribution in [2.45, 2.75) is 19.9 Å². The highest BCUT2D eigenvalue weighted by molar-refractivity contribution is 9.10. The van der Waals surface area contributed by atoms with Gasteiger partial charge >= 0.3 is 0 Å². The van der Waals surface area contributed by atoms with E-state index in [1.807, 2.05) is 0 Å². The molecule has 0 amide bonds. The molecule has 0 fully saturated rings. The number of benzene rings is 1. The lowest BCUT2D eigenvalue weighted by Crippen LogP contribution is -2.22. The number of hydrogen-bond donors (Lipinski definition) is 1. The Morgan fingerprint density at radius 1 is 1.42 bits per heavy atom. The van der Waals surface area contributed by atoms with Crippen molar-refractivity contribution < 1.29 is 4.74 Å². The summed E-state index contributed by atoms with van der Waals surface area (Å²) in [6, 6.07) is 6.56. The Balaban J connectivity index is 2.50. The Morgan fingerprint density at radius 2 is 2.21 bits per heavy atom. The predicted octanol–water partition coefficient (Wildman–Crippen LogP) is 4.53. The highest BCUT2D eigenvalue weighted by Crippen LogP contribution is 2.35. The number of nitrogens with one attached hydrogen (secondary N) is 1. The first-order valence-corrected chi connectivity index (χ1v) is 8.00. The van der Waals surface area contributed by atoms with Crippen LogP contribution in [-0.4, -0.2) is 13.7 Å². The summed E-state index contributed by atoms with van der Waals surface area (Å²) in [6.07, 6.45) is 0. The highest BCUT2D eigenvalue weighted by Gasteiger charge is 2.19. The summed E-state index contributed by atoms with van der Waals surface area (Å²) < 4.78 is 6.66. The first-order valence-electron chi connectivity index (χ1n) is 6.26. The third kappa shape index (κ3) is 3.19. The van der Waals surface area contributed by atoms with E-state index < -0.39 is 0 Å². The van der Waals surface area contributed by atoms with Gasteiger partial charge in [-0.15, -0.1) is 0 Å². The molecular formula is C15H18BrNOS. The van der Waals surface area contributed by atoms with Crippen molar-refractivity contribution in [3.05, 3.63) is 50.1 Å². The van der Waals surface area contributed by atoms with Gasteiger partial charge in [0.15, 0.2) is 0 Å². The lowest BCUT2D eigenvalue weighted by molar-refractivity contribution is 0.404. The summed E-state index contributed by atoms with van der Waals surface area (Å²) in [5.41, 5.74) is 3.63. The molecule has 0 aliphatic rings. The van der Waals surface area contributed by atoms with Gasteiger partial charge < -0.3 is 10.1 Å². The Kier molecular flexibility index (Phi) is 5.02. The van der Waals surface area contributed by atoms with Gasteiger partial charge in [-0.25, -0.2) is 0 Å². The molecule has 2 nitrogen and oxygen atoms in total. The molecule has 0 aliphatic heterocycles. The zero-order chi connectivity index (χ0) is 13.8. The molecule has 1 aromatic heterocycles. The van der Waals surface area contributed by atoms with Crippen LogP contribution in [0.2, 0.25) is 0 Å². The first-order chi connectivity index (χ1) is 9.17. The Labute approximate surface area is 126 Å². The van der Waals surface area contributed by atoms with E-state index in [9.17, 15) is 0 Å². The van der Waals surface area contributed by atoms with Gasteiger partial charge in [0.25, 0.3) is 0 Å². The average molecular weight is 340 g/mol. The fourth-order valence-corrected chi connectivity index (χ4v) is 3.17. The number of aryl methyl sites for hydroxylation is 1. The largest absolute Gasteiger partial charge is 0.496 e. The average Bonchev–Trinajstić information content (AvgIpc) is 2.92. The van der Waals surface area contributed by atoms with Gasteiger partial charge in [-0.3, -0.25) is 0 Å².